The Labute approximate surface area is 79.2 Å². The molecule has 0 aromatic heterocycles. The minimum absolute atomic E-state index is 0.0156. The summed E-state index contributed by atoms with van der Waals surface area (Å²) in [5.74, 6) is 0. The molecule has 0 aliphatic carbocycles. The van der Waals surface area contributed by atoms with E-state index in [0.717, 1.165) is 7.11 Å². The van der Waals surface area contributed by atoms with Gasteiger partial charge in [-0.2, -0.15) is 13.2 Å². The van der Waals surface area contributed by atoms with Crippen LogP contribution < -0.4 is 0 Å². The van der Waals surface area contributed by atoms with E-state index in [4.69, 9.17) is 0 Å². The molecule has 0 N–H and O–H groups in total. The molecule has 0 aliphatic rings. The second-order valence-corrected chi connectivity index (χ2v) is 2.60. The SMILES string of the molecule is COOC(c1ccccc1)C(F)(F)F. The summed E-state index contributed by atoms with van der Waals surface area (Å²) in [4.78, 5) is 8.23. The lowest BCUT2D eigenvalue weighted by atomic mass is 10.1. The number of hydrogen-bond donors (Lipinski definition) is 0. The van der Waals surface area contributed by atoms with Gasteiger partial charge in [0.1, 0.15) is 0 Å². The summed E-state index contributed by atoms with van der Waals surface area (Å²) in [5, 5.41) is 0. The van der Waals surface area contributed by atoms with Crippen molar-refractivity contribution in [1.82, 2.24) is 0 Å². The molecule has 0 saturated carbocycles. The number of rotatable bonds is 3. The number of halogens is 3. The topological polar surface area (TPSA) is 18.5 Å². The molecule has 1 atom stereocenters. The molecule has 1 aromatic rings. The highest BCUT2D eigenvalue weighted by Gasteiger charge is 2.42. The number of hydrogen-bond acceptors (Lipinski definition) is 2. The maximum absolute atomic E-state index is 12.4. The van der Waals surface area contributed by atoms with E-state index in [9.17, 15) is 13.2 Å². The lowest BCUT2D eigenvalue weighted by molar-refractivity contribution is -0.370. The van der Waals surface area contributed by atoms with Crippen molar-refractivity contribution in [2.24, 2.45) is 0 Å². The van der Waals surface area contributed by atoms with E-state index in [2.05, 4.69) is 9.78 Å². The van der Waals surface area contributed by atoms with Crippen molar-refractivity contribution >= 4 is 0 Å². The van der Waals surface area contributed by atoms with Gasteiger partial charge < -0.3 is 0 Å². The fourth-order valence-corrected chi connectivity index (χ4v) is 1.02. The van der Waals surface area contributed by atoms with Crippen molar-refractivity contribution < 1.29 is 22.9 Å². The van der Waals surface area contributed by atoms with Crippen LogP contribution in [0.25, 0.3) is 0 Å². The van der Waals surface area contributed by atoms with Gasteiger partial charge in [-0.25, -0.2) is 9.78 Å². The Balaban J connectivity index is 2.89. The third-order valence-electron chi connectivity index (χ3n) is 1.59. The highest BCUT2D eigenvalue weighted by atomic mass is 19.4. The first-order chi connectivity index (χ1) is 6.55. The van der Waals surface area contributed by atoms with Crippen LogP contribution in [0.15, 0.2) is 30.3 Å². The normalized spacial score (nSPS) is 14.0. The fraction of sp³-hybridized carbons (Fsp3) is 0.333. The smallest absolute Gasteiger partial charge is 0.239 e. The quantitative estimate of drug-likeness (QED) is 0.559. The van der Waals surface area contributed by atoms with E-state index in [1.165, 1.54) is 24.3 Å². The van der Waals surface area contributed by atoms with E-state index in [0.29, 0.717) is 0 Å². The molecular weight excluding hydrogens is 197 g/mol. The number of benzene rings is 1. The molecule has 1 unspecified atom stereocenters. The fourth-order valence-electron chi connectivity index (χ4n) is 1.02. The minimum Gasteiger partial charge on any atom is -0.239 e. The Morgan fingerprint density at radius 3 is 2.14 bits per heavy atom. The van der Waals surface area contributed by atoms with Crippen LogP contribution in [-0.2, 0) is 9.78 Å². The van der Waals surface area contributed by atoms with Gasteiger partial charge in [-0.15, -0.1) is 0 Å². The van der Waals surface area contributed by atoms with Gasteiger partial charge in [0.15, 0.2) is 0 Å². The second-order valence-electron chi connectivity index (χ2n) is 2.60. The largest absolute Gasteiger partial charge is 0.422 e. The number of alkyl halides is 3. The highest BCUT2D eigenvalue weighted by Crippen LogP contribution is 2.35. The molecule has 0 spiro atoms. The Morgan fingerprint density at radius 2 is 1.71 bits per heavy atom. The Morgan fingerprint density at radius 1 is 1.14 bits per heavy atom. The molecule has 5 heteroatoms. The first-order valence-corrected chi connectivity index (χ1v) is 3.87. The molecule has 1 aromatic carbocycles. The van der Waals surface area contributed by atoms with Gasteiger partial charge in [-0.1, -0.05) is 30.3 Å². The molecule has 2 nitrogen and oxygen atoms in total. The van der Waals surface area contributed by atoms with Gasteiger partial charge in [-0.05, 0) is 5.56 Å². The van der Waals surface area contributed by atoms with E-state index in [-0.39, 0.29) is 5.56 Å². The van der Waals surface area contributed by atoms with Crippen molar-refractivity contribution in [2.75, 3.05) is 7.11 Å². The van der Waals surface area contributed by atoms with Crippen LogP contribution in [-0.4, -0.2) is 13.3 Å². The average Bonchev–Trinajstić information content (AvgIpc) is 2.14. The van der Waals surface area contributed by atoms with Crippen LogP contribution in [0.2, 0.25) is 0 Å². The van der Waals surface area contributed by atoms with Gasteiger partial charge in [0.25, 0.3) is 0 Å². The zero-order valence-corrected chi connectivity index (χ0v) is 7.41. The van der Waals surface area contributed by atoms with Gasteiger partial charge in [0.2, 0.25) is 6.10 Å². The van der Waals surface area contributed by atoms with Gasteiger partial charge >= 0.3 is 6.18 Å². The predicted molar refractivity (Wildman–Crippen MR) is 43.3 cm³/mol. The van der Waals surface area contributed by atoms with Crippen molar-refractivity contribution in [1.29, 1.82) is 0 Å². The highest BCUT2D eigenvalue weighted by molar-refractivity contribution is 5.18. The molecule has 0 fully saturated rings. The second kappa shape index (κ2) is 4.43. The summed E-state index contributed by atoms with van der Waals surface area (Å²) in [6.45, 7) is 0. The van der Waals surface area contributed by atoms with Crippen molar-refractivity contribution in [3.63, 3.8) is 0 Å². The van der Waals surface area contributed by atoms with Crippen LogP contribution in [0.4, 0.5) is 13.2 Å². The third kappa shape index (κ3) is 2.71. The average molecular weight is 206 g/mol. The van der Waals surface area contributed by atoms with Crippen molar-refractivity contribution in [2.45, 2.75) is 12.3 Å². The van der Waals surface area contributed by atoms with E-state index in [1.54, 1.807) is 6.07 Å². The first-order valence-electron chi connectivity index (χ1n) is 3.87. The molecule has 0 aliphatic heterocycles. The zero-order chi connectivity index (χ0) is 10.6. The standard InChI is InChI=1S/C9H9F3O2/c1-13-14-8(9(10,11)12)7-5-3-2-4-6-7/h2-6,8H,1H3. The van der Waals surface area contributed by atoms with Crippen LogP contribution in [0.5, 0.6) is 0 Å². The molecule has 0 radical (unpaired) electrons. The molecule has 1 rings (SSSR count). The molecule has 0 bridgehead atoms. The monoisotopic (exact) mass is 206 g/mol. The van der Waals surface area contributed by atoms with Crippen LogP contribution in [0.3, 0.4) is 0 Å². The maximum atomic E-state index is 12.4. The molecule has 0 heterocycles. The molecule has 0 saturated heterocycles. The van der Waals surface area contributed by atoms with Crippen LogP contribution >= 0.6 is 0 Å². The third-order valence-corrected chi connectivity index (χ3v) is 1.59. The molecule has 78 valence electrons. The van der Waals surface area contributed by atoms with Crippen LogP contribution in [0, 0.1) is 0 Å². The molecule has 14 heavy (non-hydrogen) atoms. The Hall–Kier alpha value is -1.07. The lowest BCUT2D eigenvalue weighted by Crippen LogP contribution is -2.23. The minimum atomic E-state index is -4.47. The van der Waals surface area contributed by atoms with Gasteiger partial charge in [0.05, 0.1) is 7.11 Å². The first kappa shape index (κ1) is 11.0. The summed E-state index contributed by atoms with van der Waals surface area (Å²) < 4.78 is 37.2. The lowest BCUT2D eigenvalue weighted by Gasteiger charge is -2.18. The Kier molecular flexibility index (Phi) is 3.49. The van der Waals surface area contributed by atoms with E-state index < -0.39 is 12.3 Å². The van der Waals surface area contributed by atoms with Crippen molar-refractivity contribution in [3.05, 3.63) is 35.9 Å². The van der Waals surface area contributed by atoms with Crippen molar-refractivity contribution in [3.8, 4) is 0 Å². The molecular formula is C9H9F3O2. The summed E-state index contributed by atoms with van der Waals surface area (Å²) >= 11 is 0. The summed E-state index contributed by atoms with van der Waals surface area (Å²) in [7, 11) is 1.04. The summed E-state index contributed by atoms with van der Waals surface area (Å²) in [6.07, 6.45) is -6.51. The predicted octanol–water partition coefficient (Wildman–Crippen LogP) is 2.87. The maximum Gasteiger partial charge on any atom is 0.422 e. The van der Waals surface area contributed by atoms with E-state index >= 15 is 0 Å². The summed E-state index contributed by atoms with van der Waals surface area (Å²) in [6, 6.07) is 7.30. The van der Waals surface area contributed by atoms with Crippen LogP contribution in [0.1, 0.15) is 11.7 Å². The van der Waals surface area contributed by atoms with Gasteiger partial charge in [-0.3, -0.25) is 0 Å². The van der Waals surface area contributed by atoms with Gasteiger partial charge in [0, 0.05) is 0 Å². The zero-order valence-electron chi connectivity index (χ0n) is 7.41. The van der Waals surface area contributed by atoms with E-state index in [1.807, 2.05) is 0 Å². The Bertz CT molecular complexity index is 271. The molecule has 0 amide bonds. The summed E-state index contributed by atoms with van der Waals surface area (Å²) in [5.41, 5.74) is 0.0156.